The molecule has 0 aliphatic carbocycles. The van der Waals surface area contributed by atoms with E-state index in [-0.39, 0.29) is 5.54 Å². The van der Waals surface area contributed by atoms with Gasteiger partial charge in [-0.1, -0.05) is 13.8 Å². The highest BCUT2D eigenvalue weighted by Gasteiger charge is 2.21. The van der Waals surface area contributed by atoms with E-state index in [0.29, 0.717) is 18.1 Å². The Labute approximate surface area is 96.1 Å². The normalized spacial score (nSPS) is 10.9. The zero-order valence-electron chi connectivity index (χ0n) is 9.73. The van der Waals surface area contributed by atoms with Crippen LogP contribution in [0.2, 0.25) is 0 Å². The molecule has 0 aromatic carbocycles. The summed E-state index contributed by atoms with van der Waals surface area (Å²) in [5.41, 5.74) is 6.17. The standard InChI is InChI=1S/C12H17N3O/c1-3-12(14,4-2)9-16-11-5-6-15-10(7-11)8-13/h5-7H,3-4,9,14H2,1-2H3. The molecule has 0 unspecified atom stereocenters. The van der Waals surface area contributed by atoms with Crippen LogP contribution in [0.3, 0.4) is 0 Å². The summed E-state index contributed by atoms with van der Waals surface area (Å²) in [7, 11) is 0. The molecule has 0 fully saturated rings. The average molecular weight is 219 g/mol. The molecule has 4 nitrogen and oxygen atoms in total. The molecule has 0 saturated heterocycles. The Hall–Kier alpha value is -1.60. The molecular formula is C12H17N3O. The molecule has 0 aliphatic rings. The van der Waals surface area contributed by atoms with Gasteiger partial charge in [0.15, 0.2) is 0 Å². The van der Waals surface area contributed by atoms with Crippen molar-refractivity contribution in [2.75, 3.05) is 6.61 Å². The predicted octanol–water partition coefficient (Wildman–Crippen LogP) is 1.85. The summed E-state index contributed by atoms with van der Waals surface area (Å²) in [5, 5.41) is 8.69. The van der Waals surface area contributed by atoms with Gasteiger partial charge < -0.3 is 10.5 Å². The molecule has 2 N–H and O–H groups in total. The molecule has 16 heavy (non-hydrogen) atoms. The molecule has 0 bridgehead atoms. The Balaban J connectivity index is 2.64. The second kappa shape index (κ2) is 5.47. The number of rotatable bonds is 5. The largest absolute Gasteiger partial charge is 0.492 e. The smallest absolute Gasteiger partial charge is 0.144 e. The van der Waals surface area contributed by atoms with E-state index >= 15 is 0 Å². The third-order valence-electron chi connectivity index (χ3n) is 2.78. The van der Waals surface area contributed by atoms with E-state index in [4.69, 9.17) is 15.7 Å². The minimum atomic E-state index is -0.296. The first-order valence-corrected chi connectivity index (χ1v) is 5.41. The van der Waals surface area contributed by atoms with Crippen LogP contribution < -0.4 is 10.5 Å². The molecule has 0 aliphatic heterocycles. The second-order valence-electron chi connectivity index (χ2n) is 3.85. The Morgan fingerprint density at radius 1 is 1.50 bits per heavy atom. The van der Waals surface area contributed by atoms with Gasteiger partial charge in [0.2, 0.25) is 0 Å². The van der Waals surface area contributed by atoms with Crippen molar-refractivity contribution in [3.63, 3.8) is 0 Å². The molecule has 1 heterocycles. The van der Waals surface area contributed by atoms with Gasteiger partial charge in [-0.15, -0.1) is 0 Å². The quantitative estimate of drug-likeness (QED) is 0.820. The highest BCUT2D eigenvalue weighted by Crippen LogP contribution is 2.16. The topological polar surface area (TPSA) is 71.9 Å². The Kier molecular flexibility index (Phi) is 4.27. The number of hydrogen-bond donors (Lipinski definition) is 1. The van der Waals surface area contributed by atoms with Crippen molar-refractivity contribution in [3.05, 3.63) is 24.0 Å². The maximum absolute atomic E-state index is 8.69. The Bertz CT molecular complexity index is 380. The fourth-order valence-corrected chi connectivity index (χ4v) is 1.24. The van der Waals surface area contributed by atoms with E-state index in [2.05, 4.69) is 4.98 Å². The lowest BCUT2D eigenvalue weighted by Gasteiger charge is -2.26. The number of nitrogens with two attached hydrogens (primary N) is 1. The van der Waals surface area contributed by atoms with Gasteiger partial charge in [-0.2, -0.15) is 5.26 Å². The van der Waals surface area contributed by atoms with Crippen molar-refractivity contribution in [2.45, 2.75) is 32.2 Å². The number of nitriles is 1. The summed E-state index contributed by atoms with van der Waals surface area (Å²) in [5.74, 6) is 0.642. The summed E-state index contributed by atoms with van der Waals surface area (Å²) in [6, 6.07) is 5.32. The number of aromatic nitrogens is 1. The van der Waals surface area contributed by atoms with E-state index in [1.807, 2.05) is 19.9 Å². The summed E-state index contributed by atoms with van der Waals surface area (Å²) in [6.07, 6.45) is 3.28. The van der Waals surface area contributed by atoms with E-state index < -0.39 is 0 Å². The molecule has 0 spiro atoms. The fourth-order valence-electron chi connectivity index (χ4n) is 1.24. The fraction of sp³-hybridized carbons (Fsp3) is 0.500. The van der Waals surface area contributed by atoms with Crippen molar-refractivity contribution in [1.29, 1.82) is 5.26 Å². The lowest BCUT2D eigenvalue weighted by molar-refractivity contribution is 0.207. The van der Waals surface area contributed by atoms with Crippen LogP contribution in [0.1, 0.15) is 32.4 Å². The minimum Gasteiger partial charge on any atom is -0.492 e. The van der Waals surface area contributed by atoms with E-state index in [0.717, 1.165) is 12.8 Å². The second-order valence-corrected chi connectivity index (χ2v) is 3.85. The lowest BCUT2D eigenvalue weighted by Crippen LogP contribution is -2.44. The molecule has 1 aromatic heterocycles. The van der Waals surface area contributed by atoms with E-state index in [9.17, 15) is 0 Å². The molecule has 0 saturated carbocycles. The predicted molar refractivity (Wildman–Crippen MR) is 61.9 cm³/mol. The van der Waals surface area contributed by atoms with Crippen LogP contribution in [-0.2, 0) is 0 Å². The number of ether oxygens (including phenoxy) is 1. The van der Waals surface area contributed by atoms with E-state index in [1.54, 1.807) is 18.3 Å². The van der Waals surface area contributed by atoms with Crippen LogP contribution in [0.4, 0.5) is 0 Å². The highest BCUT2D eigenvalue weighted by molar-refractivity contribution is 5.29. The summed E-state index contributed by atoms with van der Waals surface area (Å²) < 4.78 is 5.58. The SMILES string of the molecule is CCC(N)(CC)COc1ccnc(C#N)c1. The lowest BCUT2D eigenvalue weighted by atomic mass is 9.96. The number of nitrogens with zero attached hydrogens (tertiary/aromatic N) is 2. The molecule has 0 amide bonds. The van der Waals surface area contributed by atoms with Gasteiger partial charge in [0.25, 0.3) is 0 Å². The first-order valence-electron chi connectivity index (χ1n) is 5.41. The van der Waals surface area contributed by atoms with Crippen molar-refractivity contribution in [2.24, 2.45) is 5.73 Å². The Morgan fingerprint density at radius 3 is 2.75 bits per heavy atom. The van der Waals surface area contributed by atoms with Gasteiger partial charge in [-0.05, 0) is 18.9 Å². The summed E-state index contributed by atoms with van der Waals surface area (Å²) >= 11 is 0. The van der Waals surface area contributed by atoms with Crippen LogP contribution in [0.5, 0.6) is 5.75 Å². The molecule has 1 rings (SSSR count). The van der Waals surface area contributed by atoms with Crippen LogP contribution in [-0.4, -0.2) is 17.1 Å². The summed E-state index contributed by atoms with van der Waals surface area (Å²) in [4.78, 5) is 3.87. The van der Waals surface area contributed by atoms with Crippen molar-refractivity contribution in [1.82, 2.24) is 4.98 Å². The highest BCUT2D eigenvalue weighted by atomic mass is 16.5. The number of pyridine rings is 1. The van der Waals surface area contributed by atoms with Crippen molar-refractivity contribution >= 4 is 0 Å². The van der Waals surface area contributed by atoms with Gasteiger partial charge >= 0.3 is 0 Å². The van der Waals surface area contributed by atoms with E-state index in [1.165, 1.54) is 0 Å². The zero-order chi connectivity index (χ0) is 12.0. The van der Waals surface area contributed by atoms with Crippen LogP contribution in [0.15, 0.2) is 18.3 Å². The molecule has 86 valence electrons. The van der Waals surface area contributed by atoms with Crippen LogP contribution in [0, 0.1) is 11.3 Å². The maximum atomic E-state index is 8.69. The first-order chi connectivity index (χ1) is 7.63. The monoisotopic (exact) mass is 219 g/mol. The Morgan fingerprint density at radius 2 is 2.19 bits per heavy atom. The average Bonchev–Trinajstić information content (AvgIpc) is 2.36. The molecule has 4 heteroatoms. The minimum absolute atomic E-state index is 0.296. The third kappa shape index (κ3) is 3.21. The third-order valence-corrected chi connectivity index (χ3v) is 2.78. The van der Waals surface area contributed by atoms with Gasteiger partial charge in [-0.3, -0.25) is 0 Å². The molecular weight excluding hydrogens is 202 g/mol. The van der Waals surface area contributed by atoms with Gasteiger partial charge in [-0.25, -0.2) is 4.98 Å². The van der Waals surface area contributed by atoms with Crippen molar-refractivity contribution in [3.8, 4) is 11.8 Å². The van der Waals surface area contributed by atoms with Crippen LogP contribution in [0.25, 0.3) is 0 Å². The van der Waals surface area contributed by atoms with Gasteiger partial charge in [0.1, 0.15) is 24.1 Å². The maximum Gasteiger partial charge on any atom is 0.144 e. The van der Waals surface area contributed by atoms with Gasteiger partial charge in [0.05, 0.1) is 0 Å². The van der Waals surface area contributed by atoms with Crippen molar-refractivity contribution < 1.29 is 4.74 Å². The van der Waals surface area contributed by atoms with Gasteiger partial charge in [0, 0.05) is 17.8 Å². The number of hydrogen-bond acceptors (Lipinski definition) is 4. The molecule has 1 aromatic rings. The molecule has 0 radical (unpaired) electrons. The zero-order valence-corrected chi connectivity index (χ0v) is 9.73. The molecule has 0 atom stereocenters. The first kappa shape index (κ1) is 12.5. The summed E-state index contributed by atoms with van der Waals surface area (Å²) in [6.45, 7) is 4.54. The van der Waals surface area contributed by atoms with Crippen LogP contribution >= 0.6 is 0 Å².